The molecule has 3 aromatic rings. The molecule has 0 bridgehead atoms. The van der Waals surface area contributed by atoms with E-state index in [2.05, 4.69) is 9.71 Å². The standard InChI is InChI=1S/C14H10ClFN2O4S3/c1-24(19,20)14-17-12-5-2-8(6-13(12)23-14)18-25(21,22)9-3-4-11(16)10(15)7-9/h2-7,18H,1H3. The van der Waals surface area contributed by atoms with E-state index in [9.17, 15) is 21.2 Å². The average molecular weight is 421 g/mol. The molecule has 3 rings (SSSR count). The minimum atomic E-state index is -3.98. The summed E-state index contributed by atoms with van der Waals surface area (Å²) in [6.07, 6.45) is 1.05. The maximum Gasteiger partial charge on any atom is 0.261 e. The van der Waals surface area contributed by atoms with Crippen LogP contribution in [-0.4, -0.2) is 28.1 Å². The van der Waals surface area contributed by atoms with Crippen LogP contribution < -0.4 is 4.72 Å². The van der Waals surface area contributed by atoms with Crippen molar-refractivity contribution in [1.82, 2.24) is 4.98 Å². The number of fused-ring (bicyclic) bond motifs is 1. The highest BCUT2D eigenvalue weighted by Crippen LogP contribution is 2.29. The Morgan fingerprint density at radius 2 is 1.84 bits per heavy atom. The fourth-order valence-corrected chi connectivity index (χ4v) is 5.18. The summed E-state index contributed by atoms with van der Waals surface area (Å²) in [5.41, 5.74) is 0.662. The fourth-order valence-electron chi connectivity index (χ4n) is 1.98. The molecule has 6 nitrogen and oxygen atoms in total. The highest BCUT2D eigenvalue weighted by atomic mass is 35.5. The van der Waals surface area contributed by atoms with Gasteiger partial charge in [-0.2, -0.15) is 0 Å². The van der Waals surface area contributed by atoms with Crippen LogP contribution >= 0.6 is 22.9 Å². The number of hydrogen-bond acceptors (Lipinski definition) is 6. The molecular formula is C14H10ClFN2O4S3. The Kier molecular flexibility index (Phi) is 4.48. The molecule has 25 heavy (non-hydrogen) atoms. The minimum Gasteiger partial charge on any atom is -0.280 e. The van der Waals surface area contributed by atoms with Gasteiger partial charge < -0.3 is 0 Å². The Hall–Kier alpha value is -1.75. The Bertz CT molecular complexity index is 1190. The normalized spacial score (nSPS) is 12.4. The van der Waals surface area contributed by atoms with Crippen LogP contribution in [0.2, 0.25) is 5.02 Å². The number of aromatic nitrogens is 1. The Labute approximate surface area is 152 Å². The third kappa shape index (κ3) is 3.76. The molecule has 0 amide bonds. The van der Waals surface area contributed by atoms with Gasteiger partial charge in [0.15, 0.2) is 0 Å². The van der Waals surface area contributed by atoms with Crippen molar-refractivity contribution in [3.63, 3.8) is 0 Å². The monoisotopic (exact) mass is 420 g/mol. The van der Waals surface area contributed by atoms with Gasteiger partial charge >= 0.3 is 0 Å². The molecule has 0 spiro atoms. The van der Waals surface area contributed by atoms with Gasteiger partial charge in [-0.05, 0) is 36.4 Å². The first-order valence-corrected chi connectivity index (χ1v) is 11.2. The van der Waals surface area contributed by atoms with E-state index in [4.69, 9.17) is 11.6 Å². The Balaban J connectivity index is 1.97. The van der Waals surface area contributed by atoms with Gasteiger partial charge in [-0.3, -0.25) is 4.72 Å². The predicted octanol–water partition coefficient (Wildman–Crippen LogP) is 3.29. The van der Waals surface area contributed by atoms with Crippen molar-refractivity contribution in [3.05, 3.63) is 47.2 Å². The van der Waals surface area contributed by atoms with Crippen LogP contribution in [0.15, 0.2) is 45.6 Å². The number of halogens is 2. The summed E-state index contributed by atoms with van der Waals surface area (Å²) < 4.78 is 63.8. The van der Waals surface area contributed by atoms with Gasteiger partial charge in [0.25, 0.3) is 10.0 Å². The summed E-state index contributed by atoms with van der Waals surface area (Å²) in [5.74, 6) is -0.722. The summed E-state index contributed by atoms with van der Waals surface area (Å²) in [4.78, 5) is 3.80. The third-order valence-corrected chi connectivity index (χ3v) is 7.50. The number of nitrogens with zero attached hydrogens (tertiary/aromatic N) is 1. The third-order valence-electron chi connectivity index (χ3n) is 3.14. The van der Waals surface area contributed by atoms with Crippen LogP contribution in [-0.2, 0) is 19.9 Å². The Morgan fingerprint density at radius 1 is 1.12 bits per heavy atom. The maximum atomic E-state index is 13.2. The molecule has 1 aromatic heterocycles. The van der Waals surface area contributed by atoms with E-state index in [1.54, 1.807) is 0 Å². The first-order valence-electron chi connectivity index (χ1n) is 6.65. The van der Waals surface area contributed by atoms with Crippen LogP contribution in [0.4, 0.5) is 10.1 Å². The molecule has 1 N–H and O–H groups in total. The number of rotatable bonds is 4. The summed E-state index contributed by atoms with van der Waals surface area (Å²) in [7, 11) is -7.42. The fraction of sp³-hybridized carbons (Fsp3) is 0.0714. The van der Waals surface area contributed by atoms with Crippen molar-refractivity contribution in [2.24, 2.45) is 0 Å². The highest BCUT2D eigenvalue weighted by molar-refractivity contribution is 7.93. The molecule has 0 aliphatic carbocycles. The number of nitrogens with one attached hydrogen (secondary N) is 1. The summed E-state index contributed by atoms with van der Waals surface area (Å²) in [6, 6.07) is 7.50. The van der Waals surface area contributed by atoms with Gasteiger partial charge in [0.05, 0.1) is 25.8 Å². The van der Waals surface area contributed by atoms with Crippen LogP contribution in [0, 0.1) is 5.82 Å². The number of benzene rings is 2. The lowest BCUT2D eigenvalue weighted by Gasteiger charge is -2.08. The first kappa shape index (κ1) is 18.1. The van der Waals surface area contributed by atoms with Gasteiger partial charge in [0.2, 0.25) is 14.2 Å². The minimum absolute atomic E-state index is 0.0483. The van der Waals surface area contributed by atoms with Crippen molar-refractivity contribution < 1.29 is 21.2 Å². The number of thiazole rings is 1. The second kappa shape index (κ2) is 6.20. The van der Waals surface area contributed by atoms with Crippen LogP contribution in [0.25, 0.3) is 10.2 Å². The molecule has 0 saturated heterocycles. The number of hydrogen-bond donors (Lipinski definition) is 1. The molecule has 0 radical (unpaired) electrons. The van der Waals surface area contributed by atoms with E-state index in [-0.39, 0.29) is 19.9 Å². The number of sulfone groups is 1. The lowest BCUT2D eigenvalue weighted by Crippen LogP contribution is -2.13. The van der Waals surface area contributed by atoms with Crippen LogP contribution in [0.5, 0.6) is 0 Å². The topological polar surface area (TPSA) is 93.2 Å². The largest absolute Gasteiger partial charge is 0.280 e. The van der Waals surface area contributed by atoms with Crippen molar-refractivity contribution in [2.75, 3.05) is 11.0 Å². The second-order valence-corrected chi connectivity index (χ2v) is 10.4. The van der Waals surface area contributed by atoms with E-state index in [1.165, 1.54) is 18.2 Å². The Morgan fingerprint density at radius 3 is 2.48 bits per heavy atom. The van der Waals surface area contributed by atoms with E-state index >= 15 is 0 Å². The first-order chi connectivity index (χ1) is 11.6. The molecule has 0 fully saturated rings. The molecule has 0 aliphatic rings. The summed E-state index contributed by atoms with van der Waals surface area (Å²) >= 11 is 6.56. The number of sulfonamides is 1. The zero-order valence-electron chi connectivity index (χ0n) is 12.5. The number of anilines is 1. The van der Waals surface area contributed by atoms with Crippen molar-refractivity contribution in [1.29, 1.82) is 0 Å². The molecule has 132 valence electrons. The van der Waals surface area contributed by atoms with Gasteiger partial charge in [0.1, 0.15) is 5.82 Å². The van der Waals surface area contributed by atoms with Gasteiger partial charge in [-0.15, -0.1) is 11.3 Å². The van der Waals surface area contributed by atoms with Crippen molar-refractivity contribution in [3.8, 4) is 0 Å². The van der Waals surface area contributed by atoms with E-state index < -0.39 is 25.7 Å². The molecular weight excluding hydrogens is 411 g/mol. The SMILES string of the molecule is CS(=O)(=O)c1nc2ccc(NS(=O)(=O)c3ccc(F)c(Cl)c3)cc2s1. The molecule has 1 heterocycles. The molecule has 0 atom stereocenters. The lowest BCUT2D eigenvalue weighted by molar-refractivity contribution is 0.598. The second-order valence-electron chi connectivity index (χ2n) is 5.12. The molecule has 11 heteroatoms. The summed E-state index contributed by atoms with van der Waals surface area (Å²) in [5, 5.41) is -0.307. The molecule has 0 saturated carbocycles. The zero-order chi connectivity index (χ0) is 18.4. The summed E-state index contributed by atoms with van der Waals surface area (Å²) in [6.45, 7) is 0. The average Bonchev–Trinajstić information content (AvgIpc) is 2.93. The van der Waals surface area contributed by atoms with E-state index in [0.717, 1.165) is 35.8 Å². The highest BCUT2D eigenvalue weighted by Gasteiger charge is 2.18. The van der Waals surface area contributed by atoms with Crippen LogP contribution in [0.1, 0.15) is 0 Å². The van der Waals surface area contributed by atoms with Crippen molar-refractivity contribution >= 4 is 58.7 Å². The smallest absolute Gasteiger partial charge is 0.261 e. The van der Waals surface area contributed by atoms with Gasteiger partial charge in [0, 0.05) is 6.26 Å². The van der Waals surface area contributed by atoms with E-state index in [0.29, 0.717) is 10.2 Å². The van der Waals surface area contributed by atoms with Crippen molar-refractivity contribution in [2.45, 2.75) is 9.24 Å². The lowest BCUT2D eigenvalue weighted by atomic mass is 10.3. The maximum absolute atomic E-state index is 13.2. The predicted molar refractivity (Wildman–Crippen MR) is 94.9 cm³/mol. The van der Waals surface area contributed by atoms with Gasteiger partial charge in [-0.1, -0.05) is 11.6 Å². The van der Waals surface area contributed by atoms with E-state index in [1.807, 2.05) is 0 Å². The van der Waals surface area contributed by atoms with Gasteiger partial charge in [-0.25, -0.2) is 26.2 Å². The molecule has 0 unspecified atom stereocenters. The van der Waals surface area contributed by atoms with Crippen LogP contribution in [0.3, 0.4) is 0 Å². The molecule has 2 aromatic carbocycles. The zero-order valence-corrected chi connectivity index (χ0v) is 15.7. The molecule has 0 aliphatic heterocycles. The quantitative estimate of drug-likeness (QED) is 0.699.